The van der Waals surface area contributed by atoms with Crippen molar-refractivity contribution < 1.29 is 22.9 Å². The van der Waals surface area contributed by atoms with E-state index < -0.39 is 35.9 Å². The first kappa shape index (κ1) is 22.4. The highest BCUT2D eigenvalue weighted by molar-refractivity contribution is 7.92. The van der Waals surface area contributed by atoms with Crippen molar-refractivity contribution in [3.63, 3.8) is 0 Å². The quantitative estimate of drug-likeness (QED) is 0.211. The Morgan fingerprint density at radius 3 is 2.45 bits per heavy atom. The van der Waals surface area contributed by atoms with Crippen LogP contribution < -0.4 is 0 Å². The van der Waals surface area contributed by atoms with Gasteiger partial charge >= 0.3 is 11.0 Å². The van der Waals surface area contributed by atoms with Crippen LogP contribution in [0.25, 0.3) is 11.1 Å². The first-order valence-corrected chi connectivity index (χ1v) is 11.5. The second kappa shape index (κ2) is 8.83. The second-order valence-corrected chi connectivity index (χ2v) is 9.74. The van der Waals surface area contributed by atoms with Crippen LogP contribution in [-0.2, 0) is 14.6 Å². The minimum absolute atomic E-state index is 0.163. The first-order chi connectivity index (χ1) is 14.7. The summed E-state index contributed by atoms with van der Waals surface area (Å²) in [5.74, 6) is -0.841. The largest absolute Gasteiger partial charge is 0.465 e. The van der Waals surface area contributed by atoms with Crippen LogP contribution in [0.5, 0.6) is 0 Å². The average molecular weight is 458 g/mol. The van der Waals surface area contributed by atoms with Crippen LogP contribution in [0, 0.1) is 17.0 Å². The minimum Gasteiger partial charge on any atom is -0.465 e. The SMILES string of the molecule is C=CC(c1ccc(C)c(-c2ccccc2)c1)S(=O)(=O)c1cc(C(=O)OC)sc1[N+](=O)[O-]. The number of benzene rings is 2. The lowest BCUT2D eigenvalue weighted by atomic mass is 9.97. The lowest BCUT2D eigenvalue weighted by molar-refractivity contribution is -0.383. The van der Waals surface area contributed by atoms with Gasteiger partial charge in [0, 0.05) is 0 Å². The van der Waals surface area contributed by atoms with Crippen molar-refractivity contribution >= 4 is 32.1 Å². The normalized spacial score (nSPS) is 12.2. The zero-order valence-corrected chi connectivity index (χ0v) is 18.4. The van der Waals surface area contributed by atoms with Gasteiger partial charge in [0.05, 0.1) is 12.0 Å². The molecular formula is C22H19NO6S2. The third-order valence-corrected chi connectivity index (χ3v) is 8.02. The fourth-order valence-electron chi connectivity index (χ4n) is 3.22. The molecule has 3 rings (SSSR count). The predicted molar refractivity (Wildman–Crippen MR) is 119 cm³/mol. The Morgan fingerprint density at radius 1 is 1.19 bits per heavy atom. The van der Waals surface area contributed by atoms with Gasteiger partial charge < -0.3 is 4.74 Å². The monoisotopic (exact) mass is 457 g/mol. The third-order valence-electron chi connectivity index (χ3n) is 4.76. The maximum Gasteiger partial charge on any atom is 0.348 e. The summed E-state index contributed by atoms with van der Waals surface area (Å²) < 4.78 is 31.4. The Kier molecular flexibility index (Phi) is 6.37. The summed E-state index contributed by atoms with van der Waals surface area (Å²) in [5.41, 5.74) is 3.12. The molecule has 0 saturated carbocycles. The molecule has 2 aromatic carbocycles. The summed E-state index contributed by atoms with van der Waals surface area (Å²) in [4.78, 5) is 21.8. The second-order valence-electron chi connectivity index (χ2n) is 6.67. The number of nitro groups is 1. The highest BCUT2D eigenvalue weighted by atomic mass is 32.2. The highest BCUT2D eigenvalue weighted by Crippen LogP contribution is 2.41. The fraction of sp³-hybridized carbons (Fsp3) is 0.136. The lowest BCUT2D eigenvalue weighted by Crippen LogP contribution is -2.13. The fourth-order valence-corrected chi connectivity index (χ4v) is 6.19. The number of thiophene rings is 1. The van der Waals surface area contributed by atoms with E-state index in [0.717, 1.165) is 29.9 Å². The van der Waals surface area contributed by atoms with Crippen molar-refractivity contribution in [1.29, 1.82) is 0 Å². The van der Waals surface area contributed by atoms with E-state index in [4.69, 9.17) is 0 Å². The molecule has 0 spiro atoms. The molecule has 9 heteroatoms. The van der Waals surface area contributed by atoms with E-state index in [2.05, 4.69) is 11.3 Å². The van der Waals surface area contributed by atoms with Gasteiger partial charge in [0.15, 0.2) is 14.7 Å². The summed E-state index contributed by atoms with van der Waals surface area (Å²) in [6, 6.07) is 15.7. The molecule has 0 amide bonds. The van der Waals surface area contributed by atoms with Crippen molar-refractivity contribution in [2.75, 3.05) is 7.11 Å². The number of hydrogen-bond acceptors (Lipinski definition) is 7. The molecule has 0 aliphatic carbocycles. The zero-order valence-electron chi connectivity index (χ0n) is 16.8. The number of carbonyl (C=O) groups excluding carboxylic acids is 1. The number of nitrogens with zero attached hydrogens (tertiary/aromatic N) is 1. The first-order valence-electron chi connectivity index (χ1n) is 9.09. The van der Waals surface area contributed by atoms with Gasteiger partial charge in [-0.1, -0.05) is 59.9 Å². The predicted octanol–water partition coefficient (Wildman–Crippen LogP) is 5.12. The molecule has 0 saturated heterocycles. The molecule has 160 valence electrons. The van der Waals surface area contributed by atoms with E-state index in [1.807, 2.05) is 37.3 Å². The number of hydrogen-bond donors (Lipinski definition) is 0. The van der Waals surface area contributed by atoms with Crippen LogP contribution in [-0.4, -0.2) is 26.4 Å². The van der Waals surface area contributed by atoms with Crippen molar-refractivity contribution in [2.24, 2.45) is 0 Å². The van der Waals surface area contributed by atoms with Crippen molar-refractivity contribution in [1.82, 2.24) is 0 Å². The summed E-state index contributed by atoms with van der Waals surface area (Å²) in [6.45, 7) is 5.56. The van der Waals surface area contributed by atoms with Crippen LogP contribution in [0.2, 0.25) is 0 Å². The van der Waals surface area contributed by atoms with E-state index in [-0.39, 0.29) is 4.88 Å². The molecule has 1 unspecified atom stereocenters. The summed E-state index contributed by atoms with van der Waals surface area (Å²) in [7, 11) is -3.15. The van der Waals surface area contributed by atoms with Gasteiger partial charge in [-0.25, -0.2) is 13.2 Å². The topological polar surface area (TPSA) is 104 Å². The van der Waals surface area contributed by atoms with Crippen LogP contribution in [0.4, 0.5) is 5.00 Å². The molecule has 1 heterocycles. The molecule has 1 atom stereocenters. The molecular weight excluding hydrogens is 438 g/mol. The number of ether oxygens (including phenoxy) is 1. The number of rotatable bonds is 7. The zero-order chi connectivity index (χ0) is 22.8. The third kappa shape index (κ3) is 4.28. The molecule has 1 aromatic heterocycles. The van der Waals surface area contributed by atoms with E-state index in [0.29, 0.717) is 16.9 Å². The van der Waals surface area contributed by atoms with E-state index in [1.54, 1.807) is 18.2 Å². The molecule has 0 radical (unpaired) electrons. The summed E-state index contributed by atoms with van der Waals surface area (Å²) in [5, 5.41) is 9.62. The molecule has 3 aromatic rings. The van der Waals surface area contributed by atoms with Crippen molar-refractivity contribution in [3.8, 4) is 11.1 Å². The van der Waals surface area contributed by atoms with Gasteiger partial charge in [0.2, 0.25) is 0 Å². The van der Waals surface area contributed by atoms with Crippen LogP contribution in [0.3, 0.4) is 0 Å². The van der Waals surface area contributed by atoms with Crippen LogP contribution >= 0.6 is 11.3 Å². The average Bonchev–Trinajstić information content (AvgIpc) is 3.22. The highest BCUT2D eigenvalue weighted by Gasteiger charge is 2.37. The molecule has 0 N–H and O–H groups in total. The number of aryl methyl sites for hydroxylation is 1. The van der Waals surface area contributed by atoms with Crippen LogP contribution in [0.1, 0.15) is 26.0 Å². The molecule has 0 aliphatic heterocycles. The van der Waals surface area contributed by atoms with E-state index in [1.165, 1.54) is 6.08 Å². The number of carbonyl (C=O) groups is 1. The van der Waals surface area contributed by atoms with Crippen molar-refractivity contribution in [2.45, 2.75) is 17.1 Å². The van der Waals surface area contributed by atoms with Gasteiger partial charge in [0.1, 0.15) is 10.1 Å². The van der Waals surface area contributed by atoms with Gasteiger partial charge in [-0.3, -0.25) is 10.1 Å². The number of methoxy groups -OCH3 is 1. The Bertz CT molecular complexity index is 1260. The maximum atomic E-state index is 13.4. The lowest BCUT2D eigenvalue weighted by Gasteiger charge is -2.16. The molecule has 0 aliphatic rings. The summed E-state index contributed by atoms with van der Waals surface area (Å²) in [6.07, 6.45) is 1.23. The summed E-state index contributed by atoms with van der Waals surface area (Å²) >= 11 is 0.466. The smallest absolute Gasteiger partial charge is 0.348 e. The standard InChI is InChI=1S/C22H19NO6S2/c1-4-19(16-11-10-14(2)17(12-16)15-8-6-5-7-9-15)31(27,28)20-13-18(22(24)29-3)30-21(20)23(25)26/h4-13,19H,1H2,2-3H3. The number of esters is 1. The Hall–Kier alpha value is -3.30. The maximum absolute atomic E-state index is 13.4. The van der Waals surface area contributed by atoms with E-state index >= 15 is 0 Å². The Balaban J connectivity index is 2.15. The minimum atomic E-state index is -4.27. The van der Waals surface area contributed by atoms with E-state index in [9.17, 15) is 23.3 Å². The van der Waals surface area contributed by atoms with Crippen molar-refractivity contribution in [3.05, 3.63) is 93.4 Å². The van der Waals surface area contributed by atoms with Gasteiger partial charge in [-0.05, 0) is 41.3 Å². The van der Waals surface area contributed by atoms with Gasteiger partial charge in [0.25, 0.3) is 0 Å². The number of sulfone groups is 1. The Morgan fingerprint density at radius 2 is 1.87 bits per heavy atom. The van der Waals surface area contributed by atoms with Gasteiger partial charge in [-0.15, -0.1) is 6.58 Å². The molecule has 31 heavy (non-hydrogen) atoms. The Labute approximate surface area is 183 Å². The van der Waals surface area contributed by atoms with Gasteiger partial charge in [-0.2, -0.15) is 0 Å². The molecule has 0 fully saturated rings. The molecule has 0 bridgehead atoms. The molecule has 7 nitrogen and oxygen atoms in total. The van der Waals surface area contributed by atoms with Crippen LogP contribution in [0.15, 0.2) is 72.1 Å².